The molecule has 0 aliphatic carbocycles. The van der Waals surface area contributed by atoms with E-state index in [0.29, 0.717) is 0 Å². The Hall–Kier alpha value is -2.29. The maximum Gasteiger partial charge on any atom is 0.460 e. The van der Waals surface area contributed by atoms with Gasteiger partial charge in [-0.25, -0.2) is 4.79 Å². The highest BCUT2D eigenvalue weighted by Crippen LogP contribution is 2.47. The van der Waals surface area contributed by atoms with E-state index in [1.54, 1.807) is 0 Å². The smallest absolute Gasteiger partial charge is 0.448 e. The molecule has 0 aliphatic heterocycles. The summed E-state index contributed by atoms with van der Waals surface area (Å²) in [4.78, 5) is 11.6. The van der Waals surface area contributed by atoms with E-state index in [-0.39, 0.29) is 16.1 Å². The first-order chi connectivity index (χ1) is 12.4. The van der Waals surface area contributed by atoms with Gasteiger partial charge in [0.15, 0.2) is 6.10 Å². The van der Waals surface area contributed by atoms with Crippen molar-refractivity contribution in [3.63, 3.8) is 0 Å². The molecule has 0 spiro atoms. The monoisotopic (exact) mass is 414 g/mol. The van der Waals surface area contributed by atoms with Crippen LogP contribution in [0.3, 0.4) is 0 Å². The molecule has 0 N–H and O–H groups in total. The summed E-state index contributed by atoms with van der Waals surface area (Å²) in [5.74, 6) is -15.7. The quantitative estimate of drug-likeness (QED) is 0.456. The third kappa shape index (κ3) is 4.18. The molecule has 146 valence electrons. The summed E-state index contributed by atoms with van der Waals surface area (Å²) in [5, 5.41) is 0.108. The molecule has 1 unspecified atom stereocenters. The molecule has 2 aromatic carbocycles. The predicted molar refractivity (Wildman–Crippen MR) is 81.8 cm³/mol. The van der Waals surface area contributed by atoms with E-state index < -0.39 is 30.1 Å². The number of halogens is 8. The van der Waals surface area contributed by atoms with E-state index in [2.05, 4.69) is 4.74 Å². The molecule has 2 rings (SSSR count). The lowest BCUT2D eigenvalue weighted by Gasteiger charge is -2.28. The molecule has 0 saturated carbocycles. The first-order valence-corrected chi connectivity index (χ1v) is 7.59. The van der Waals surface area contributed by atoms with Crippen LogP contribution in [-0.2, 0) is 9.53 Å². The Morgan fingerprint density at radius 3 is 1.93 bits per heavy atom. The fourth-order valence-electron chi connectivity index (χ4n) is 2.11. The Balaban J connectivity index is 2.43. The second kappa shape index (κ2) is 7.38. The number of esters is 1. The molecule has 0 aliphatic rings. The van der Waals surface area contributed by atoms with Gasteiger partial charge in [0, 0.05) is 5.02 Å². The van der Waals surface area contributed by atoms with Gasteiger partial charge in [-0.1, -0.05) is 54.1 Å². The van der Waals surface area contributed by atoms with Crippen molar-refractivity contribution >= 4 is 17.6 Å². The molecule has 27 heavy (non-hydrogen) atoms. The van der Waals surface area contributed by atoms with Crippen LogP contribution in [0, 0.1) is 0 Å². The Morgan fingerprint density at radius 2 is 1.41 bits per heavy atom. The van der Waals surface area contributed by atoms with Gasteiger partial charge in [0.2, 0.25) is 0 Å². The SMILES string of the molecule is O=C(OC(c1ccccc1)c1cccc(Cl)c1)C(F)(F)C(F)(F)C(F)(F)F. The largest absolute Gasteiger partial charge is 0.460 e. The van der Waals surface area contributed by atoms with E-state index in [9.17, 15) is 35.5 Å². The van der Waals surface area contributed by atoms with E-state index in [1.165, 1.54) is 54.6 Å². The number of hydrogen-bond donors (Lipinski definition) is 0. The highest BCUT2D eigenvalue weighted by molar-refractivity contribution is 6.30. The number of alkyl halides is 7. The lowest BCUT2D eigenvalue weighted by Crippen LogP contribution is -2.56. The molecule has 2 nitrogen and oxygen atoms in total. The molecule has 0 amide bonds. The van der Waals surface area contributed by atoms with Crippen LogP contribution in [-0.4, -0.2) is 24.0 Å². The normalized spacial score (nSPS) is 13.9. The van der Waals surface area contributed by atoms with Crippen LogP contribution in [0.2, 0.25) is 5.02 Å². The molecular formula is C17H10ClF7O2. The van der Waals surface area contributed by atoms with E-state index in [1.807, 2.05) is 0 Å². The van der Waals surface area contributed by atoms with Gasteiger partial charge in [-0.3, -0.25) is 0 Å². The summed E-state index contributed by atoms with van der Waals surface area (Å²) in [6.07, 6.45) is -8.32. The predicted octanol–water partition coefficient (Wildman–Crippen LogP) is 5.81. The Morgan fingerprint density at radius 1 is 0.852 bits per heavy atom. The first kappa shape index (κ1) is 21.0. The molecule has 0 fully saturated rings. The summed E-state index contributed by atoms with van der Waals surface area (Å²) in [7, 11) is 0. The zero-order chi connectivity index (χ0) is 20.5. The van der Waals surface area contributed by atoms with Crippen molar-refractivity contribution in [2.45, 2.75) is 24.1 Å². The van der Waals surface area contributed by atoms with Gasteiger partial charge in [0.05, 0.1) is 0 Å². The standard InChI is InChI=1S/C17H10ClF7O2/c18-12-8-4-7-11(9-12)13(10-5-2-1-3-6-10)27-14(26)15(19,20)16(21,22)17(23,24)25/h1-9,13H. The summed E-state index contributed by atoms with van der Waals surface area (Å²) >= 11 is 5.78. The molecule has 10 heteroatoms. The number of carbonyl (C=O) groups excluding carboxylic acids is 1. The van der Waals surface area contributed by atoms with Crippen LogP contribution in [0.1, 0.15) is 17.2 Å². The fourth-order valence-corrected chi connectivity index (χ4v) is 2.31. The zero-order valence-corrected chi connectivity index (χ0v) is 13.9. The second-order valence-corrected chi connectivity index (χ2v) is 5.83. The maximum atomic E-state index is 13.6. The molecule has 0 heterocycles. The summed E-state index contributed by atoms with van der Waals surface area (Å²) in [6.45, 7) is 0. The topological polar surface area (TPSA) is 26.3 Å². The lowest BCUT2D eigenvalue weighted by molar-refractivity contribution is -0.348. The highest BCUT2D eigenvalue weighted by atomic mass is 35.5. The van der Waals surface area contributed by atoms with Gasteiger partial charge >= 0.3 is 24.0 Å². The molecule has 0 saturated heterocycles. The van der Waals surface area contributed by atoms with E-state index in [0.717, 1.165) is 0 Å². The van der Waals surface area contributed by atoms with Gasteiger partial charge in [-0.2, -0.15) is 30.7 Å². The maximum absolute atomic E-state index is 13.6. The van der Waals surface area contributed by atoms with Crippen molar-refractivity contribution in [1.82, 2.24) is 0 Å². The van der Waals surface area contributed by atoms with Crippen LogP contribution in [0.5, 0.6) is 0 Å². The van der Waals surface area contributed by atoms with Gasteiger partial charge in [-0.15, -0.1) is 0 Å². The second-order valence-electron chi connectivity index (χ2n) is 5.40. The van der Waals surface area contributed by atoms with Crippen LogP contribution >= 0.6 is 11.6 Å². The minimum atomic E-state index is -6.65. The minimum absolute atomic E-state index is 0.00757. The van der Waals surface area contributed by atoms with Crippen LogP contribution in [0.25, 0.3) is 0 Å². The van der Waals surface area contributed by atoms with Crippen molar-refractivity contribution in [2.75, 3.05) is 0 Å². The van der Waals surface area contributed by atoms with Crippen molar-refractivity contribution in [3.05, 3.63) is 70.7 Å². The summed E-state index contributed by atoms with van der Waals surface area (Å²) in [5.41, 5.74) is 0.0763. The molecule has 1 atom stereocenters. The van der Waals surface area contributed by atoms with Crippen molar-refractivity contribution in [2.24, 2.45) is 0 Å². The summed E-state index contributed by atoms with van der Waals surface area (Å²) in [6, 6.07) is 12.3. The Kier molecular flexibility index (Phi) is 5.74. The third-order valence-corrected chi connectivity index (χ3v) is 3.72. The number of rotatable bonds is 5. The number of benzene rings is 2. The third-order valence-electron chi connectivity index (χ3n) is 3.49. The fraction of sp³-hybridized carbons (Fsp3) is 0.235. The minimum Gasteiger partial charge on any atom is -0.448 e. The molecule has 2 aromatic rings. The lowest BCUT2D eigenvalue weighted by atomic mass is 10.0. The van der Waals surface area contributed by atoms with E-state index >= 15 is 0 Å². The average Bonchev–Trinajstić information content (AvgIpc) is 2.59. The molecule has 0 aromatic heterocycles. The number of carbonyl (C=O) groups is 1. The van der Waals surface area contributed by atoms with Gasteiger partial charge < -0.3 is 4.74 Å². The Labute approximate surface area is 153 Å². The van der Waals surface area contributed by atoms with Crippen LogP contribution in [0.4, 0.5) is 30.7 Å². The van der Waals surface area contributed by atoms with Gasteiger partial charge in [0.1, 0.15) is 0 Å². The number of ether oxygens (including phenoxy) is 1. The van der Waals surface area contributed by atoms with Gasteiger partial charge in [0.25, 0.3) is 0 Å². The highest BCUT2D eigenvalue weighted by Gasteiger charge is 2.77. The van der Waals surface area contributed by atoms with Crippen molar-refractivity contribution in [3.8, 4) is 0 Å². The zero-order valence-electron chi connectivity index (χ0n) is 13.1. The van der Waals surface area contributed by atoms with Crippen LogP contribution < -0.4 is 0 Å². The Bertz CT molecular complexity index is 806. The molecule has 0 radical (unpaired) electrons. The van der Waals surface area contributed by atoms with Gasteiger partial charge in [-0.05, 0) is 23.3 Å². The average molecular weight is 415 g/mol. The van der Waals surface area contributed by atoms with Crippen LogP contribution in [0.15, 0.2) is 54.6 Å². The molecular weight excluding hydrogens is 405 g/mol. The van der Waals surface area contributed by atoms with Crippen molar-refractivity contribution < 1.29 is 40.3 Å². The first-order valence-electron chi connectivity index (χ1n) is 7.22. The molecule has 0 bridgehead atoms. The van der Waals surface area contributed by atoms with Crippen molar-refractivity contribution in [1.29, 1.82) is 0 Å². The number of hydrogen-bond acceptors (Lipinski definition) is 2. The van der Waals surface area contributed by atoms with E-state index in [4.69, 9.17) is 11.6 Å². The summed E-state index contributed by atoms with van der Waals surface area (Å²) < 4.78 is 94.6.